The first kappa shape index (κ1) is 25.2. The molecule has 0 saturated heterocycles. The van der Waals surface area contributed by atoms with Crippen LogP contribution in [0, 0.1) is 0 Å². The van der Waals surface area contributed by atoms with Crippen LogP contribution in [0.25, 0.3) is 33.3 Å². The molecule has 3 aromatic carbocycles. The third kappa shape index (κ3) is 4.78. The Bertz CT molecular complexity index is 1700. The summed E-state index contributed by atoms with van der Waals surface area (Å²) < 4.78 is 27.4. The normalized spacial score (nSPS) is 12.0. The van der Waals surface area contributed by atoms with Gasteiger partial charge in [-0.15, -0.1) is 0 Å². The molecule has 0 bridgehead atoms. The molecule has 1 amide bonds. The van der Waals surface area contributed by atoms with E-state index in [9.17, 15) is 13.8 Å². The van der Waals surface area contributed by atoms with Crippen molar-refractivity contribution in [1.29, 1.82) is 0 Å². The minimum Gasteiger partial charge on any atom is -0.450 e. The lowest BCUT2D eigenvalue weighted by Gasteiger charge is -2.21. The molecule has 0 spiro atoms. The Morgan fingerprint density at radius 2 is 1.82 bits per heavy atom. The van der Waals surface area contributed by atoms with Gasteiger partial charge in [0.2, 0.25) is 11.3 Å². The molecule has 194 valence electrons. The van der Waals surface area contributed by atoms with E-state index in [1.807, 2.05) is 24.3 Å². The standard InChI is InChI=1S/C28H26N4O5S/c1-4-32(5-2)18-14-15-21-23(16-18)36-28-25(30-21)24-20(12-9-13-22(24)29-17(3)33)27(34)26(28)31-38(35)37-19-10-7-6-8-11-19/h6-16,31H,4-5H2,1-3H3,(H,29,33). The number of nitrogens with one attached hydrogen (secondary N) is 2. The fourth-order valence-electron chi connectivity index (χ4n) is 4.42. The van der Waals surface area contributed by atoms with E-state index < -0.39 is 16.7 Å². The highest BCUT2D eigenvalue weighted by Gasteiger charge is 2.26. The van der Waals surface area contributed by atoms with Crippen molar-refractivity contribution in [3.63, 3.8) is 0 Å². The smallest absolute Gasteiger partial charge is 0.316 e. The lowest BCUT2D eigenvalue weighted by molar-refractivity contribution is -0.114. The number of rotatable bonds is 8. The lowest BCUT2D eigenvalue weighted by Crippen LogP contribution is -2.21. The van der Waals surface area contributed by atoms with Gasteiger partial charge in [-0.2, -0.15) is 4.21 Å². The van der Waals surface area contributed by atoms with Crippen LogP contribution in [0.5, 0.6) is 5.75 Å². The second kappa shape index (κ2) is 10.5. The summed E-state index contributed by atoms with van der Waals surface area (Å²) >= 11 is -2.11. The Kier molecular flexibility index (Phi) is 6.97. The predicted octanol–water partition coefficient (Wildman–Crippen LogP) is 5.32. The molecule has 38 heavy (non-hydrogen) atoms. The van der Waals surface area contributed by atoms with Crippen LogP contribution in [0.3, 0.4) is 0 Å². The number of nitrogens with zero attached hydrogens (tertiary/aromatic N) is 2. The van der Waals surface area contributed by atoms with Gasteiger partial charge in [-0.3, -0.25) is 14.3 Å². The molecule has 2 aliphatic rings. The molecule has 1 aliphatic heterocycles. The van der Waals surface area contributed by atoms with Gasteiger partial charge in [-0.05, 0) is 44.2 Å². The van der Waals surface area contributed by atoms with Crippen LogP contribution in [-0.2, 0) is 16.1 Å². The van der Waals surface area contributed by atoms with Crippen LogP contribution in [-0.4, -0.2) is 28.2 Å². The summed E-state index contributed by atoms with van der Waals surface area (Å²) in [6.07, 6.45) is 0. The van der Waals surface area contributed by atoms with Crippen LogP contribution in [0.15, 0.2) is 75.9 Å². The molecule has 0 radical (unpaired) electrons. The molecule has 3 aromatic rings. The van der Waals surface area contributed by atoms with Crippen LogP contribution < -0.4 is 24.6 Å². The van der Waals surface area contributed by atoms with E-state index in [1.54, 1.807) is 42.5 Å². The Labute approximate surface area is 221 Å². The summed E-state index contributed by atoms with van der Waals surface area (Å²) in [5, 5.41) is 3.49. The molecule has 9 nitrogen and oxygen atoms in total. The van der Waals surface area contributed by atoms with Gasteiger partial charge in [0.1, 0.15) is 22.6 Å². The second-order valence-corrected chi connectivity index (χ2v) is 9.40. The highest BCUT2D eigenvalue weighted by atomic mass is 32.2. The number of anilines is 3. The SMILES string of the molecule is CCN(CC)c1ccc2nc3c4c(NC(C)=O)cccc4c(=O)c(NS(=O)Oc4ccccc4)c-3oc2c1. The van der Waals surface area contributed by atoms with Gasteiger partial charge in [0.15, 0.2) is 11.3 Å². The molecule has 5 rings (SSSR count). The summed E-state index contributed by atoms with van der Waals surface area (Å²) in [5.41, 5.74) is 2.21. The van der Waals surface area contributed by atoms with E-state index in [-0.39, 0.29) is 22.7 Å². The quantitative estimate of drug-likeness (QED) is 0.206. The topological polar surface area (TPSA) is 114 Å². The fourth-order valence-corrected chi connectivity index (χ4v) is 5.10. The minimum absolute atomic E-state index is 0.0515. The summed E-state index contributed by atoms with van der Waals surface area (Å²) in [6.45, 7) is 7.13. The largest absolute Gasteiger partial charge is 0.450 e. The molecule has 0 aromatic heterocycles. The van der Waals surface area contributed by atoms with Crippen molar-refractivity contribution in [2.24, 2.45) is 0 Å². The van der Waals surface area contributed by atoms with Gasteiger partial charge in [0.05, 0.1) is 5.69 Å². The first-order valence-corrected chi connectivity index (χ1v) is 13.2. The third-order valence-corrected chi connectivity index (χ3v) is 6.86. The van der Waals surface area contributed by atoms with Crippen molar-refractivity contribution in [2.75, 3.05) is 28.0 Å². The van der Waals surface area contributed by atoms with Crippen molar-refractivity contribution in [3.8, 4) is 17.2 Å². The third-order valence-electron chi connectivity index (χ3n) is 6.14. The molecular weight excluding hydrogens is 504 g/mol. The Hall–Kier alpha value is -4.44. The van der Waals surface area contributed by atoms with Crippen LogP contribution >= 0.6 is 0 Å². The molecular formula is C28H26N4O5S. The Balaban J connectivity index is 1.75. The van der Waals surface area contributed by atoms with E-state index in [0.29, 0.717) is 33.6 Å². The van der Waals surface area contributed by atoms with Crippen LogP contribution in [0.2, 0.25) is 0 Å². The maximum absolute atomic E-state index is 13.7. The summed E-state index contributed by atoms with van der Waals surface area (Å²) in [7, 11) is 0. The van der Waals surface area contributed by atoms with Crippen molar-refractivity contribution in [2.45, 2.75) is 20.8 Å². The monoisotopic (exact) mass is 530 g/mol. The molecule has 1 aliphatic carbocycles. The van der Waals surface area contributed by atoms with Crippen molar-refractivity contribution in [1.82, 2.24) is 4.98 Å². The first-order chi connectivity index (χ1) is 18.4. The Morgan fingerprint density at radius 3 is 2.53 bits per heavy atom. The number of carbonyl (C=O) groups excluding carboxylic acids is 1. The average molecular weight is 531 g/mol. The summed E-state index contributed by atoms with van der Waals surface area (Å²) in [5.74, 6) is 0.182. The molecule has 2 N–H and O–H groups in total. The molecule has 0 fully saturated rings. The van der Waals surface area contributed by atoms with Crippen molar-refractivity contribution < 1.29 is 17.6 Å². The molecule has 1 atom stereocenters. The van der Waals surface area contributed by atoms with Gasteiger partial charge >= 0.3 is 11.3 Å². The minimum atomic E-state index is -2.11. The number of hydrogen-bond acceptors (Lipinski definition) is 7. The van der Waals surface area contributed by atoms with E-state index in [4.69, 9.17) is 13.6 Å². The Morgan fingerprint density at radius 1 is 1.05 bits per heavy atom. The van der Waals surface area contributed by atoms with Crippen LogP contribution in [0.1, 0.15) is 20.8 Å². The average Bonchev–Trinajstić information content (AvgIpc) is 2.91. The molecule has 0 saturated carbocycles. The summed E-state index contributed by atoms with van der Waals surface area (Å²) in [4.78, 5) is 32.6. The second-order valence-electron chi connectivity index (χ2n) is 8.56. The zero-order chi connectivity index (χ0) is 26.8. The lowest BCUT2D eigenvalue weighted by atomic mass is 10.0. The highest BCUT2D eigenvalue weighted by Crippen LogP contribution is 2.39. The van der Waals surface area contributed by atoms with E-state index in [0.717, 1.165) is 18.8 Å². The number of benzene rings is 4. The number of aromatic nitrogens is 1. The van der Waals surface area contributed by atoms with Gasteiger partial charge in [-0.1, -0.05) is 30.3 Å². The van der Waals surface area contributed by atoms with E-state index in [1.165, 1.54) is 6.92 Å². The predicted molar refractivity (Wildman–Crippen MR) is 151 cm³/mol. The number of amides is 1. The maximum Gasteiger partial charge on any atom is 0.316 e. The number of fused-ring (bicyclic) bond motifs is 4. The summed E-state index contributed by atoms with van der Waals surface area (Å²) in [6, 6.07) is 19.3. The van der Waals surface area contributed by atoms with E-state index in [2.05, 4.69) is 28.8 Å². The van der Waals surface area contributed by atoms with Gasteiger partial charge in [0, 0.05) is 42.5 Å². The van der Waals surface area contributed by atoms with E-state index >= 15 is 0 Å². The van der Waals surface area contributed by atoms with Gasteiger partial charge in [0.25, 0.3) is 0 Å². The number of carbonyl (C=O) groups is 1. The number of para-hydroxylation sites is 1. The van der Waals surface area contributed by atoms with Gasteiger partial charge in [-0.25, -0.2) is 4.98 Å². The van der Waals surface area contributed by atoms with Crippen molar-refractivity contribution >= 4 is 56.1 Å². The highest BCUT2D eigenvalue weighted by molar-refractivity contribution is 7.82. The van der Waals surface area contributed by atoms with Crippen molar-refractivity contribution in [3.05, 3.63) is 77.0 Å². The number of hydrogen-bond donors (Lipinski definition) is 2. The molecule has 1 heterocycles. The zero-order valence-corrected chi connectivity index (χ0v) is 21.9. The molecule has 10 heteroatoms. The van der Waals surface area contributed by atoms with Crippen LogP contribution in [0.4, 0.5) is 17.1 Å². The molecule has 1 unspecified atom stereocenters. The first-order valence-electron chi connectivity index (χ1n) is 12.2. The maximum atomic E-state index is 13.7. The fraction of sp³-hybridized carbons (Fsp3) is 0.179. The zero-order valence-electron chi connectivity index (χ0n) is 21.1. The van der Waals surface area contributed by atoms with Gasteiger partial charge < -0.3 is 18.8 Å².